The van der Waals surface area contributed by atoms with Crippen LogP contribution in [0.5, 0.6) is 5.75 Å². The van der Waals surface area contributed by atoms with Gasteiger partial charge in [-0.05, 0) is 36.1 Å². The standard InChI is InChI=1S/C24H26N2O2S/c1-3-5-6-7-9-23(27)28-21-16-14-19(15-17-21)18-10-12-20(13-11-18)24-26-25-22(29-24)8-4-2/h7,9-17H,3-6,8H2,1-2H3. The number of unbranched alkanes of at least 4 members (excludes halogenated alkanes) is 2. The van der Waals surface area contributed by atoms with Gasteiger partial charge in [0, 0.05) is 18.1 Å². The first-order chi connectivity index (χ1) is 14.2. The number of rotatable bonds is 9. The summed E-state index contributed by atoms with van der Waals surface area (Å²) in [5.41, 5.74) is 3.25. The van der Waals surface area contributed by atoms with E-state index in [2.05, 4.69) is 48.3 Å². The molecule has 29 heavy (non-hydrogen) atoms. The largest absolute Gasteiger partial charge is 0.423 e. The lowest BCUT2D eigenvalue weighted by molar-refractivity contribution is -0.129. The average Bonchev–Trinajstić information content (AvgIpc) is 3.21. The summed E-state index contributed by atoms with van der Waals surface area (Å²) in [6, 6.07) is 15.9. The van der Waals surface area contributed by atoms with Gasteiger partial charge in [-0.3, -0.25) is 0 Å². The topological polar surface area (TPSA) is 52.1 Å². The molecule has 3 aromatic rings. The zero-order valence-corrected chi connectivity index (χ0v) is 17.7. The number of benzene rings is 2. The Morgan fingerprint density at radius 1 is 0.931 bits per heavy atom. The molecule has 0 radical (unpaired) electrons. The highest BCUT2D eigenvalue weighted by Gasteiger charge is 2.07. The van der Waals surface area contributed by atoms with Crippen molar-refractivity contribution < 1.29 is 9.53 Å². The van der Waals surface area contributed by atoms with Crippen molar-refractivity contribution in [1.29, 1.82) is 0 Å². The smallest absolute Gasteiger partial charge is 0.335 e. The maximum Gasteiger partial charge on any atom is 0.335 e. The fraction of sp³-hybridized carbons (Fsp3) is 0.292. The molecule has 0 N–H and O–H groups in total. The molecule has 0 saturated heterocycles. The van der Waals surface area contributed by atoms with E-state index in [4.69, 9.17) is 4.74 Å². The molecule has 150 valence electrons. The summed E-state index contributed by atoms with van der Waals surface area (Å²) in [7, 11) is 0. The minimum Gasteiger partial charge on any atom is -0.423 e. The van der Waals surface area contributed by atoms with Crippen molar-refractivity contribution in [2.24, 2.45) is 0 Å². The molecular formula is C24H26N2O2S. The summed E-state index contributed by atoms with van der Waals surface area (Å²) < 4.78 is 5.34. The first-order valence-corrected chi connectivity index (χ1v) is 10.9. The fourth-order valence-corrected chi connectivity index (χ4v) is 3.80. The summed E-state index contributed by atoms with van der Waals surface area (Å²) in [4.78, 5) is 11.8. The van der Waals surface area contributed by atoms with E-state index in [1.165, 1.54) is 6.08 Å². The van der Waals surface area contributed by atoms with E-state index >= 15 is 0 Å². The van der Waals surface area contributed by atoms with E-state index in [1.807, 2.05) is 30.3 Å². The summed E-state index contributed by atoms with van der Waals surface area (Å²) in [6.45, 7) is 4.27. The molecule has 3 rings (SSSR count). The SMILES string of the molecule is CCCCC=CC(=O)Oc1ccc(-c2ccc(-c3nnc(CCC)s3)cc2)cc1. The predicted molar refractivity (Wildman–Crippen MR) is 119 cm³/mol. The first-order valence-electron chi connectivity index (χ1n) is 10.1. The Morgan fingerprint density at radius 3 is 2.24 bits per heavy atom. The number of nitrogens with zero attached hydrogens (tertiary/aromatic N) is 2. The number of carbonyl (C=O) groups excluding carboxylic acids is 1. The molecule has 0 amide bonds. The van der Waals surface area contributed by atoms with Gasteiger partial charge >= 0.3 is 5.97 Å². The second kappa shape index (κ2) is 10.7. The van der Waals surface area contributed by atoms with E-state index in [-0.39, 0.29) is 5.97 Å². The van der Waals surface area contributed by atoms with E-state index in [0.717, 1.165) is 58.8 Å². The van der Waals surface area contributed by atoms with Crippen LogP contribution in [0.3, 0.4) is 0 Å². The molecule has 0 bridgehead atoms. The molecule has 1 heterocycles. The third kappa shape index (κ3) is 6.09. The molecule has 0 atom stereocenters. The van der Waals surface area contributed by atoms with Gasteiger partial charge in [0.05, 0.1) is 0 Å². The van der Waals surface area contributed by atoms with Gasteiger partial charge in [0.15, 0.2) is 0 Å². The van der Waals surface area contributed by atoms with Crippen LogP contribution in [0.15, 0.2) is 60.7 Å². The second-order valence-corrected chi connectivity index (χ2v) is 7.88. The highest BCUT2D eigenvalue weighted by atomic mass is 32.1. The van der Waals surface area contributed by atoms with Crippen LogP contribution < -0.4 is 4.74 Å². The van der Waals surface area contributed by atoms with Crippen LogP contribution in [0, 0.1) is 0 Å². The van der Waals surface area contributed by atoms with E-state index in [0.29, 0.717) is 5.75 Å². The predicted octanol–water partition coefficient (Wildman–Crippen LogP) is 6.48. The fourth-order valence-electron chi connectivity index (χ4n) is 2.86. The van der Waals surface area contributed by atoms with Gasteiger partial charge < -0.3 is 4.74 Å². The molecule has 0 aliphatic carbocycles. The number of aryl methyl sites for hydroxylation is 1. The molecule has 5 heteroatoms. The number of hydrogen-bond acceptors (Lipinski definition) is 5. The molecular weight excluding hydrogens is 380 g/mol. The zero-order chi connectivity index (χ0) is 20.5. The number of allylic oxidation sites excluding steroid dienone is 1. The van der Waals surface area contributed by atoms with Crippen LogP contribution >= 0.6 is 11.3 Å². The number of hydrogen-bond donors (Lipinski definition) is 0. The van der Waals surface area contributed by atoms with Crippen LogP contribution in [0.1, 0.15) is 44.5 Å². The van der Waals surface area contributed by atoms with Crippen LogP contribution in [0.4, 0.5) is 0 Å². The summed E-state index contributed by atoms with van der Waals surface area (Å²) in [5.74, 6) is 0.213. The van der Waals surface area contributed by atoms with Gasteiger partial charge in [0.1, 0.15) is 15.8 Å². The summed E-state index contributed by atoms with van der Waals surface area (Å²) in [5, 5.41) is 10.6. The minimum absolute atomic E-state index is 0.335. The third-order valence-electron chi connectivity index (χ3n) is 4.45. The number of carbonyl (C=O) groups is 1. The monoisotopic (exact) mass is 406 g/mol. The first kappa shape index (κ1) is 20.9. The van der Waals surface area contributed by atoms with Crippen LogP contribution in [0.25, 0.3) is 21.7 Å². The Bertz CT molecular complexity index is 944. The minimum atomic E-state index is -0.335. The van der Waals surface area contributed by atoms with Gasteiger partial charge in [-0.1, -0.05) is 80.5 Å². The molecule has 0 aliphatic heterocycles. The van der Waals surface area contributed by atoms with Crippen molar-refractivity contribution in [2.45, 2.75) is 46.0 Å². The van der Waals surface area contributed by atoms with Crippen molar-refractivity contribution in [2.75, 3.05) is 0 Å². The quantitative estimate of drug-likeness (QED) is 0.177. The molecule has 4 nitrogen and oxygen atoms in total. The van der Waals surface area contributed by atoms with Crippen molar-refractivity contribution in [3.8, 4) is 27.4 Å². The molecule has 1 aromatic heterocycles. The molecule has 0 aliphatic rings. The lowest BCUT2D eigenvalue weighted by Crippen LogP contribution is -2.03. The lowest BCUT2D eigenvalue weighted by Gasteiger charge is -2.05. The highest BCUT2D eigenvalue weighted by Crippen LogP contribution is 2.28. The van der Waals surface area contributed by atoms with E-state index < -0.39 is 0 Å². The van der Waals surface area contributed by atoms with Gasteiger partial charge in [0.2, 0.25) is 0 Å². The maximum absolute atomic E-state index is 11.8. The molecule has 0 fully saturated rings. The maximum atomic E-state index is 11.8. The normalized spacial score (nSPS) is 11.1. The Hall–Kier alpha value is -2.79. The van der Waals surface area contributed by atoms with Crippen LogP contribution in [-0.4, -0.2) is 16.2 Å². The van der Waals surface area contributed by atoms with E-state index in [9.17, 15) is 4.79 Å². The Morgan fingerprint density at radius 2 is 1.59 bits per heavy atom. The van der Waals surface area contributed by atoms with Crippen LogP contribution in [-0.2, 0) is 11.2 Å². The number of aromatic nitrogens is 2. The average molecular weight is 407 g/mol. The number of ether oxygens (including phenoxy) is 1. The lowest BCUT2D eigenvalue weighted by atomic mass is 10.0. The summed E-state index contributed by atoms with van der Waals surface area (Å²) in [6.07, 6.45) is 8.51. The number of esters is 1. The van der Waals surface area contributed by atoms with Crippen molar-refractivity contribution in [3.05, 3.63) is 65.7 Å². The van der Waals surface area contributed by atoms with E-state index in [1.54, 1.807) is 11.3 Å². The van der Waals surface area contributed by atoms with Crippen molar-refractivity contribution in [1.82, 2.24) is 10.2 Å². The second-order valence-electron chi connectivity index (χ2n) is 6.82. The Kier molecular flexibility index (Phi) is 7.70. The zero-order valence-electron chi connectivity index (χ0n) is 16.9. The Balaban J connectivity index is 1.62. The van der Waals surface area contributed by atoms with Gasteiger partial charge in [-0.15, -0.1) is 10.2 Å². The molecule has 0 spiro atoms. The molecule has 0 unspecified atom stereocenters. The van der Waals surface area contributed by atoms with Gasteiger partial charge in [-0.25, -0.2) is 4.79 Å². The third-order valence-corrected chi connectivity index (χ3v) is 5.48. The molecule has 0 saturated carbocycles. The highest BCUT2D eigenvalue weighted by molar-refractivity contribution is 7.14. The van der Waals surface area contributed by atoms with Crippen molar-refractivity contribution in [3.63, 3.8) is 0 Å². The van der Waals surface area contributed by atoms with Gasteiger partial charge in [-0.2, -0.15) is 0 Å². The summed E-state index contributed by atoms with van der Waals surface area (Å²) >= 11 is 1.65. The van der Waals surface area contributed by atoms with Gasteiger partial charge in [0.25, 0.3) is 0 Å². The Labute approximate surface area is 176 Å². The molecule has 2 aromatic carbocycles. The van der Waals surface area contributed by atoms with Crippen molar-refractivity contribution >= 4 is 17.3 Å². The van der Waals surface area contributed by atoms with Crippen LogP contribution in [0.2, 0.25) is 0 Å².